The van der Waals surface area contributed by atoms with E-state index in [0.717, 1.165) is 0 Å². The standard InChI is InChI=1S/C18H29NO6SSi/c1-8-9-23-17(22)24-15-12(10-20)26-16-13(14(21)19(15)16)11(2)25-27(6,7)18(3,4)5/h8,11,13,16,20H,1,9-10H2,2-7H3. The fraction of sp³-hybridized carbons (Fsp3) is 0.667. The maximum Gasteiger partial charge on any atom is 0.515 e. The van der Waals surface area contributed by atoms with E-state index in [2.05, 4.69) is 40.4 Å². The van der Waals surface area contributed by atoms with E-state index in [4.69, 9.17) is 13.9 Å². The highest BCUT2D eigenvalue weighted by Crippen LogP contribution is 2.51. The minimum atomic E-state index is -2.03. The van der Waals surface area contributed by atoms with Crippen LogP contribution in [0.2, 0.25) is 18.1 Å². The van der Waals surface area contributed by atoms with Gasteiger partial charge in [0.1, 0.15) is 12.0 Å². The van der Waals surface area contributed by atoms with Crippen molar-refractivity contribution in [3.63, 3.8) is 0 Å². The van der Waals surface area contributed by atoms with Gasteiger partial charge in [-0.05, 0) is 25.1 Å². The summed E-state index contributed by atoms with van der Waals surface area (Å²) in [5.41, 5.74) is 0. The summed E-state index contributed by atoms with van der Waals surface area (Å²) in [6, 6.07) is 0. The molecule has 2 rings (SSSR count). The highest BCUT2D eigenvalue weighted by molar-refractivity contribution is 8.04. The molecule has 1 N–H and O–H groups in total. The van der Waals surface area contributed by atoms with E-state index in [0.29, 0.717) is 4.91 Å². The van der Waals surface area contributed by atoms with Crippen molar-refractivity contribution in [2.75, 3.05) is 13.2 Å². The zero-order valence-electron chi connectivity index (χ0n) is 16.8. The van der Waals surface area contributed by atoms with E-state index in [1.807, 2.05) is 6.92 Å². The van der Waals surface area contributed by atoms with Crippen LogP contribution in [0.3, 0.4) is 0 Å². The van der Waals surface area contributed by atoms with Gasteiger partial charge in [0.2, 0.25) is 11.8 Å². The SMILES string of the molecule is C=CCOC(=O)OC1=C(CO)SC2C(C(C)O[Si](C)(C)C(C)(C)C)C(=O)N12. The minimum absolute atomic E-state index is 0.00506. The Kier molecular flexibility index (Phi) is 6.50. The number of thioether (sulfide) groups is 1. The second-order valence-electron chi connectivity index (χ2n) is 8.16. The van der Waals surface area contributed by atoms with Crippen LogP contribution in [-0.4, -0.2) is 55.1 Å². The highest BCUT2D eigenvalue weighted by Gasteiger charge is 2.58. The van der Waals surface area contributed by atoms with Crippen LogP contribution in [0.15, 0.2) is 23.4 Å². The van der Waals surface area contributed by atoms with Crippen LogP contribution in [0, 0.1) is 5.92 Å². The molecule has 1 amide bonds. The Morgan fingerprint density at radius 2 is 2.07 bits per heavy atom. The van der Waals surface area contributed by atoms with Crippen molar-refractivity contribution in [1.82, 2.24) is 4.90 Å². The topological polar surface area (TPSA) is 85.3 Å². The van der Waals surface area contributed by atoms with Gasteiger partial charge < -0.3 is 19.0 Å². The first kappa shape index (κ1) is 22.0. The second-order valence-corrected chi connectivity index (χ2v) is 14.1. The Labute approximate surface area is 165 Å². The number of carbonyl (C=O) groups excluding carboxylic acids is 2. The molecule has 2 heterocycles. The lowest BCUT2D eigenvalue weighted by molar-refractivity contribution is -0.155. The fourth-order valence-electron chi connectivity index (χ4n) is 2.75. The third-order valence-corrected chi connectivity index (χ3v) is 11.1. The van der Waals surface area contributed by atoms with Crippen LogP contribution < -0.4 is 0 Å². The molecule has 3 unspecified atom stereocenters. The predicted molar refractivity (Wildman–Crippen MR) is 106 cm³/mol. The Morgan fingerprint density at radius 3 is 2.59 bits per heavy atom. The molecule has 7 nitrogen and oxygen atoms in total. The molecule has 0 saturated carbocycles. The van der Waals surface area contributed by atoms with Gasteiger partial charge in [-0.3, -0.25) is 9.69 Å². The van der Waals surface area contributed by atoms with Crippen molar-refractivity contribution < 1.29 is 28.6 Å². The smallest absolute Gasteiger partial charge is 0.430 e. The molecule has 3 atom stereocenters. The maximum atomic E-state index is 12.8. The molecule has 0 aromatic rings. The van der Waals surface area contributed by atoms with Crippen LogP contribution >= 0.6 is 11.8 Å². The van der Waals surface area contributed by atoms with Gasteiger partial charge in [-0.15, -0.1) is 0 Å². The van der Waals surface area contributed by atoms with Crippen molar-refractivity contribution >= 4 is 32.1 Å². The lowest BCUT2D eigenvalue weighted by Gasteiger charge is -2.47. The van der Waals surface area contributed by atoms with Gasteiger partial charge in [0.25, 0.3) is 0 Å². The molecule has 2 aliphatic rings. The van der Waals surface area contributed by atoms with Crippen molar-refractivity contribution in [1.29, 1.82) is 0 Å². The number of carbonyl (C=O) groups is 2. The first-order valence-corrected chi connectivity index (χ1v) is 12.7. The van der Waals surface area contributed by atoms with Gasteiger partial charge in [-0.1, -0.05) is 45.2 Å². The summed E-state index contributed by atoms with van der Waals surface area (Å²) in [5.74, 6) is -0.466. The summed E-state index contributed by atoms with van der Waals surface area (Å²) in [7, 11) is -2.03. The van der Waals surface area contributed by atoms with Gasteiger partial charge in [0.05, 0.1) is 23.5 Å². The Morgan fingerprint density at radius 1 is 1.44 bits per heavy atom. The molecule has 27 heavy (non-hydrogen) atoms. The third kappa shape index (κ3) is 4.26. The molecule has 0 radical (unpaired) electrons. The second kappa shape index (κ2) is 7.98. The van der Waals surface area contributed by atoms with E-state index in [1.54, 1.807) is 0 Å². The van der Waals surface area contributed by atoms with Crippen LogP contribution in [0.5, 0.6) is 0 Å². The summed E-state index contributed by atoms with van der Waals surface area (Å²) in [5, 5.41) is 9.39. The van der Waals surface area contributed by atoms with Crippen molar-refractivity contribution in [2.45, 2.75) is 57.3 Å². The number of ether oxygens (including phenoxy) is 2. The number of fused-ring (bicyclic) bond motifs is 1. The quantitative estimate of drug-likeness (QED) is 0.295. The van der Waals surface area contributed by atoms with Crippen molar-refractivity contribution in [3.8, 4) is 0 Å². The molecular formula is C18H29NO6SSi. The predicted octanol–water partition coefficient (Wildman–Crippen LogP) is 3.43. The Hall–Kier alpha value is -1.29. The maximum absolute atomic E-state index is 12.8. The van der Waals surface area contributed by atoms with E-state index in [9.17, 15) is 14.7 Å². The van der Waals surface area contributed by atoms with Gasteiger partial charge in [-0.2, -0.15) is 0 Å². The van der Waals surface area contributed by atoms with E-state index in [-0.39, 0.29) is 47.4 Å². The Balaban J connectivity index is 2.09. The fourth-order valence-corrected chi connectivity index (χ4v) is 5.58. The normalized spacial score (nSPS) is 23.7. The highest BCUT2D eigenvalue weighted by atomic mass is 32.2. The zero-order valence-corrected chi connectivity index (χ0v) is 18.6. The molecule has 9 heteroatoms. The van der Waals surface area contributed by atoms with Crippen LogP contribution in [-0.2, 0) is 18.7 Å². The van der Waals surface area contributed by atoms with Crippen LogP contribution in [0.1, 0.15) is 27.7 Å². The average molecular weight is 416 g/mol. The first-order chi connectivity index (χ1) is 12.4. The minimum Gasteiger partial charge on any atom is -0.430 e. The lowest BCUT2D eigenvalue weighted by atomic mass is 9.93. The molecule has 1 saturated heterocycles. The van der Waals surface area contributed by atoms with E-state index in [1.165, 1.54) is 22.7 Å². The monoisotopic (exact) mass is 415 g/mol. The number of hydrogen-bond acceptors (Lipinski definition) is 7. The van der Waals surface area contributed by atoms with Gasteiger partial charge in [-0.25, -0.2) is 4.79 Å². The number of rotatable bonds is 7. The van der Waals surface area contributed by atoms with Gasteiger partial charge in [0, 0.05) is 0 Å². The van der Waals surface area contributed by atoms with Gasteiger partial charge in [0.15, 0.2) is 8.32 Å². The number of aliphatic hydroxyl groups is 1. The summed E-state index contributed by atoms with van der Waals surface area (Å²) >= 11 is 1.33. The number of hydrogen-bond donors (Lipinski definition) is 1. The van der Waals surface area contributed by atoms with Gasteiger partial charge >= 0.3 is 6.16 Å². The molecule has 0 bridgehead atoms. The zero-order chi connectivity index (χ0) is 20.6. The lowest BCUT2D eigenvalue weighted by Crippen LogP contribution is -2.62. The molecule has 0 aliphatic carbocycles. The summed E-state index contributed by atoms with van der Waals surface area (Å²) < 4.78 is 16.3. The largest absolute Gasteiger partial charge is 0.515 e. The number of amides is 1. The molecule has 0 spiro atoms. The molecule has 0 aromatic carbocycles. The summed E-state index contributed by atoms with van der Waals surface area (Å²) in [6.07, 6.45) is 0.220. The molecule has 0 aromatic heterocycles. The van der Waals surface area contributed by atoms with Crippen LogP contribution in [0.25, 0.3) is 0 Å². The molecule has 2 aliphatic heterocycles. The van der Waals surface area contributed by atoms with E-state index >= 15 is 0 Å². The molecule has 152 valence electrons. The summed E-state index contributed by atoms with van der Waals surface area (Å²) in [4.78, 5) is 26.4. The molecular weight excluding hydrogens is 386 g/mol. The number of aliphatic hydroxyl groups excluding tert-OH is 1. The van der Waals surface area contributed by atoms with E-state index < -0.39 is 14.5 Å². The average Bonchev–Trinajstić information content (AvgIpc) is 2.84. The first-order valence-electron chi connectivity index (χ1n) is 8.91. The van der Waals surface area contributed by atoms with Crippen LogP contribution in [0.4, 0.5) is 4.79 Å². The number of nitrogens with zero attached hydrogens (tertiary/aromatic N) is 1. The van der Waals surface area contributed by atoms with Crippen molar-refractivity contribution in [2.24, 2.45) is 5.92 Å². The summed E-state index contributed by atoms with van der Waals surface area (Å²) in [6.45, 7) is 15.8. The Bertz CT molecular complexity index is 657. The number of β-lactam (4-membered cyclic amide) rings is 1. The molecule has 1 fully saturated rings. The third-order valence-electron chi connectivity index (χ3n) is 5.24. The van der Waals surface area contributed by atoms with Crippen molar-refractivity contribution in [3.05, 3.63) is 23.4 Å².